The minimum absolute atomic E-state index is 0.104. The molecule has 0 bridgehead atoms. The van der Waals surface area contributed by atoms with Crippen molar-refractivity contribution in [3.05, 3.63) is 77.3 Å². The van der Waals surface area contributed by atoms with Crippen molar-refractivity contribution < 1.29 is 23.8 Å². The van der Waals surface area contributed by atoms with Gasteiger partial charge in [-0.2, -0.15) is 0 Å². The van der Waals surface area contributed by atoms with Crippen LogP contribution in [-0.2, 0) is 16.1 Å². The molecular weight excluding hydrogens is 509 g/mol. The average molecular weight is 546 g/mol. The number of para-hydroxylation sites is 1. The number of anilines is 1. The van der Waals surface area contributed by atoms with Gasteiger partial charge in [0.05, 0.1) is 29.8 Å². The van der Waals surface area contributed by atoms with Gasteiger partial charge in [0.2, 0.25) is 0 Å². The van der Waals surface area contributed by atoms with E-state index in [0.29, 0.717) is 42.5 Å². The third kappa shape index (κ3) is 5.24. The van der Waals surface area contributed by atoms with E-state index in [1.165, 1.54) is 6.42 Å². The number of allylic oxidation sites excluding steroid dienone is 4. The second-order valence-electron chi connectivity index (χ2n) is 11.2. The maximum Gasteiger partial charge on any atom is 0.335 e. The molecule has 1 atom stereocenters. The Balaban J connectivity index is 1.31. The van der Waals surface area contributed by atoms with Crippen molar-refractivity contribution in [1.82, 2.24) is 9.55 Å². The number of hydrogen-bond acceptors (Lipinski definition) is 5. The fraction of sp³-hybridized carbons (Fsp3) is 0.438. The molecule has 3 aromatic rings. The van der Waals surface area contributed by atoms with Gasteiger partial charge in [-0.15, -0.1) is 0 Å². The molecule has 2 heterocycles. The summed E-state index contributed by atoms with van der Waals surface area (Å²) in [6, 6.07) is 13.4. The van der Waals surface area contributed by atoms with Crippen molar-refractivity contribution in [3.8, 4) is 0 Å². The van der Waals surface area contributed by atoms with Crippen molar-refractivity contribution >= 4 is 28.3 Å². The highest BCUT2D eigenvalue weighted by molar-refractivity contribution is 5.93. The minimum Gasteiger partial charge on any atom is -0.493 e. The molecule has 7 nitrogen and oxygen atoms in total. The second kappa shape index (κ2) is 11.1. The lowest BCUT2D eigenvalue weighted by Gasteiger charge is -2.32. The molecule has 1 saturated heterocycles. The number of alkyl halides is 1. The molecule has 6 rings (SSSR count). The zero-order valence-corrected chi connectivity index (χ0v) is 22.9. The standard InChI is InChI=1S/C32H36FN3O4/c1-32(33)20-25(40-21-23-7-5-6-10-28(23)35-15-17-39-18-16-35)12-13-26(32)30-34-27-19-22(31(37)38)11-14-29(27)36(30)24-8-3-2-4-9-24/h5-7,10-14,19,24H,2-4,8-9,15-18,20-21H2,1H3,(H,37,38). The number of benzene rings is 2. The molecule has 2 aromatic carbocycles. The van der Waals surface area contributed by atoms with Crippen LogP contribution in [0.3, 0.4) is 0 Å². The van der Waals surface area contributed by atoms with Gasteiger partial charge >= 0.3 is 5.97 Å². The summed E-state index contributed by atoms with van der Waals surface area (Å²) in [5, 5.41) is 9.52. The van der Waals surface area contributed by atoms with Crippen LogP contribution in [-0.4, -0.2) is 52.6 Å². The Kier molecular flexibility index (Phi) is 7.36. The average Bonchev–Trinajstić information content (AvgIpc) is 3.35. The minimum atomic E-state index is -1.70. The zero-order valence-electron chi connectivity index (χ0n) is 22.9. The summed E-state index contributed by atoms with van der Waals surface area (Å²) >= 11 is 0. The van der Waals surface area contributed by atoms with Crippen molar-refractivity contribution in [2.75, 3.05) is 31.2 Å². The van der Waals surface area contributed by atoms with Gasteiger partial charge < -0.3 is 24.0 Å². The van der Waals surface area contributed by atoms with Gasteiger partial charge in [0, 0.05) is 42.4 Å². The quantitative estimate of drug-likeness (QED) is 0.356. The summed E-state index contributed by atoms with van der Waals surface area (Å²) in [5.74, 6) is 0.184. The molecule has 0 radical (unpaired) electrons. The van der Waals surface area contributed by atoms with Gasteiger partial charge in [0.15, 0.2) is 0 Å². The van der Waals surface area contributed by atoms with Crippen molar-refractivity contribution in [2.45, 2.75) is 63.8 Å². The van der Waals surface area contributed by atoms with E-state index >= 15 is 4.39 Å². The van der Waals surface area contributed by atoms with Crippen molar-refractivity contribution in [2.24, 2.45) is 0 Å². The van der Waals surface area contributed by atoms with Crippen LogP contribution >= 0.6 is 0 Å². The summed E-state index contributed by atoms with van der Waals surface area (Å²) in [6.45, 7) is 5.03. The number of ether oxygens (including phenoxy) is 2. The van der Waals surface area contributed by atoms with E-state index in [2.05, 4.69) is 21.6 Å². The second-order valence-corrected chi connectivity index (χ2v) is 11.2. The first-order chi connectivity index (χ1) is 19.4. The van der Waals surface area contributed by atoms with Gasteiger partial charge in [0.1, 0.15) is 23.9 Å². The molecule has 2 fully saturated rings. The Labute approximate surface area is 233 Å². The Morgan fingerprint density at radius 1 is 1.12 bits per heavy atom. The number of rotatable bonds is 7. The monoisotopic (exact) mass is 545 g/mol. The highest BCUT2D eigenvalue weighted by Gasteiger charge is 2.38. The van der Waals surface area contributed by atoms with Gasteiger partial charge in [0.25, 0.3) is 0 Å². The molecular formula is C32H36FN3O4. The van der Waals surface area contributed by atoms with Crippen LogP contribution in [0.15, 0.2) is 60.4 Å². The van der Waals surface area contributed by atoms with Gasteiger partial charge in [-0.05, 0) is 56.2 Å². The summed E-state index contributed by atoms with van der Waals surface area (Å²) in [6.07, 6.45) is 9.20. The molecule has 40 heavy (non-hydrogen) atoms. The number of hydrogen-bond donors (Lipinski definition) is 1. The number of fused-ring (bicyclic) bond motifs is 1. The molecule has 2 aliphatic carbocycles. The topological polar surface area (TPSA) is 76.8 Å². The molecule has 0 spiro atoms. The predicted molar refractivity (Wildman–Crippen MR) is 153 cm³/mol. The molecule has 1 aliphatic heterocycles. The number of carboxylic acids is 1. The molecule has 1 N–H and O–H groups in total. The molecule has 3 aliphatic rings. The van der Waals surface area contributed by atoms with Crippen LogP contribution in [0.4, 0.5) is 10.1 Å². The molecule has 1 saturated carbocycles. The first kappa shape index (κ1) is 26.6. The molecule has 0 amide bonds. The molecule has 1 unspecified atom stereocenters. The lowest BCUT2D eigenvalue weighted by Crippen LogP contribution is -2.36. The van der Waals surface area contributed by atoms with E-state index in [4.69, 9.17) is 14.5 Å². The third-order valence-electron chi connectivity index (χ3n) is 8.38. The predicted octanol–water partition coefficient (Wildman–Crippen LogP) is 6.69. The van der Waals surface area contributed by atoms with E-state index in [0.717, 1.165) is 55.5 Å². The van der Waals surface area contributed by atoms with E-state index < -0.39 is 11.6 Å². The highest BCUT2D eigenvalue weighted by Crippen LogP contribution is 2.43. The van der Waals surface area contributed by atoms with Crippen LogP contribution in [0, 0.1) is 0 Å². The molecule has 1 aromatic heterocycles. The number of nitrogens with zero attached hydrogens (tertiary/aromatic N) is 3. The SMILES string of the molecule is CC1(F)CC(OCc2ccccc2N2CCOCC2)=CC=C1c1nc2cc(C(=O)O)ccc2n1C1CCCCC1. The molecule has 210 valence electrons. The van der Waals surface area contributed by atoms with Crippen molar-refractivity contribution in [1.29, 1.82) is 0 Å². The van der Waals surface area contributed by atoms with Crippen LogP contribution in [0.25, 0.3) is 16.6 Å². The van der Waals surface area contributed by atoms with Crippen LogP contribution < -0.4 is 4.90 Å². The van der Waals surface area contributed by atoms with Gasteiger partial charge in [-0.3, -0.25) is 0 Å². The Morgan fingerprint density at radius 2 is 1.90 bits per heavy atom. The lowest BCUT2D eigenvalue weighted by molar-refractivity contribution is 0.0697. The Bertz CT molecular complexity index is 1460. The summed E-state index contributed by atoms with van der Waals surface area (Å²) in [5.41, 5.74) is 2.62. The fourth-order valence-electron chi connectivity index (χ4n) is 6.28. The fourth-order valence-corrected chi connectivity index (χ4v) is 6.28. The number of imidazole rings is 1. The Hall–Kier alpha value is -3.65. The number of carboxylic acid groups (broad SMARTS) is 1. The lowest BCUT2D eigenvalue weighted by atomic mass is 9.87. The number of aromatic nitrogens is 2. The largest absolute Gasteiger partial charge is 0.493 e. The third-order valence-corrected chi connectivity index (χ3v) is 8.38. The first-order valence-corrected chi connectivity index (χ1v) is 14.3. The zero-order chi connectivity index (χ0) is 27.7. The smallest absolute Gasteiger partial charge is 0.335 e. The van der Waals surface area contributed by atoms with E-state index in [1.54, 1.807) is 25.1 Å². The summed E-state index contributed by atoms with van der Waals surface area (Å²) in [7, 11) is 0. The van der Waals surface area contributed by atoms with Gasteiger partial charge in [-0.25, -0.2) is 14.2 Å². The van der Waals surface area contributed by atoms with E-state index in [-0.39, 0.29) is 18.0 Å². The highest BCUT2D eigenvalue weighted by atomic mass is 19.1. The summed E-state index contributed by atoms with van der Waals surface area (Å²) < 4.78 is 30.3. The Morgan fingerprint density at radius 3 is 2.65 bits per heavy atom. The normalized spacial score (nSPS) is 22.2. The van der Waals surface area contributed by atoms with Crippen molar-refractivity contribution in [3.63, 3.8) is 0 Å². The first-order valence-electron chi connectivity index (χ1n) is 14.3. The maximum atomic E-state index is 16.5. The number of carbonyl (C=O) groups is 1. The van der Waals surface area contributed by atoms with E-state index in [1.807, 2.05) is 24.3 Å². The molecule has 8 heteroatoms. The number of halogens is 1. The van der Waals surface area contributed by atoms with Crippen LogP contribution in [0.5, 0.6) is 0 Å². The maximum absolute atomic E-state index is 16.5. The number of morpholine rings is 1. The van der Waals surface area contributed by atoms with Gasteiger partial charge in [-0.1, -0.05) is 37.5 Å². The van der Waals surface area contributed by atoms with E-state index in [9.17, 15) is 9.90 Å². The number of aromatic carboxylic acids is 1. The van der Waals surface area contributed by atoms with Crippen LogP contribution in [0.2, 0.25) is 0 Å². The van der Waals surface area contributed by atoms with Crippen LogP contribution in [0.1, 0.15) is 73.2 Å². The summed E-state index contributed by atoms with van der Waals surface area (Å²) in [4.78, 5) is 18.8.